The molecule has 0 aromatic heterocycles. The van der Waals surface area contributed by atoms with Crippen molar-refractivity contribution in [3.8, 4) is 6.07 Å². The van der Waals surface area contributed by atoms with Gasteiger partial charge in [-0.15, -0.1) is 0 Å². The van der Waals surface area contributed by atoms with E-state index >= 15 is 0 Å². The number of likely N-dealkylation sites (tertiary alicyclic amines) is 1. The van der Waals surface area contributed by atoms with Gasteiger partial charge >= 0.3 is 13.2 Å². The Morgan fingerprint density at radius 3 is 2.71 bits per heavy atom. The Labute approximate surface area is 164 Å². The molecule has 9 heteroatoms. The fourth-order valence-corrected chi connectivity index (χ4v) is 3.06. The highest BCUT2D eigenvalue weighted by Crippen LogP contribution is 2.16. The van der Waals surface area contributed by atoms with Crippen LogP contribution in [0.4, 0.5) is 4.79 Å². The molecule has 1 fully saturated rings. The molecule has 8 nitrogen and oxygen atoms in total. The maximum atomic E-state index is 12.3. The molecule has 2 amide bonds. The van der Waals surface area contributed by atoms with Crippen LogP contribution >= 0.6 is 0 Å². The number of hydrogen-bond donors (Lipinski definition) is 3. The number of alkyl carbamates (subject to hydrolysis) is 1. The minimum Gasteiger partial charge on any atom is -0.444 e. The van der Waals surface area contributed by atoms with Crippen LogP contribution in [0.5, 0.6) is 0 Å². The molecular formula is C19H24BN3O5. The Bertz CT molecular complexity index is 735. The Balaban J connectivity index is 1.94. The molecule has 1 aliphatic rings. The predicted octanol–water partition coefficient (Wildman–Crippen LogP) is 0.797. The van der Waals surface area contributed by atoms with Gasteiger partial charge in [-0.2, -0.15) is 5.26 Å². The standard InChI is InChI=1S/C19H24BN3O5/c1-14(12-21)18(24)23-10-6-5-9-16(13-23)28-19(25)22-17(20(26)27)11-15-7-3-2-4-8-15/h2-4,7-8,16-17,26-27H,1,5-6,9-11,13H2,(H,22,25)/t16-,17+/m1/s1. The molecule has 1 aromatic rings. The summed E-state index contributed by atoms with van der Waals surface area (Å²) < 4.78 is 5.40. The van der Waals surface area contributed by atoms with Crippen LogP contribution in [-0.4, -0.2) is 59.2 Å². The first-order valence-corrected chi connectivity index (χ1v) is 9.16. The lowest BCUT2D eigenvalue weighted by molar-refractivity contribution is -0.127. The van der Waals surface area contributed by atoms with Gasteiger partial charge in [-0.25, -0.2) is 4.79 Å². The first-order valence-electron chi connectivity index (χ1n) is 9.16. The Hall–Kier alpha value is -2.83. The van der Waals surface area contributed by atoms with Crippen LogP contribution < -0.4 is 5.32 Å². The average molecular weight is 385 g/mol. The fraction of sp³-hybridized carbons (Fsp3) is 0.421. The number of carbonyl (C=O) groups is 2. The normalized spacial score (nSPS) is 17.6. The highest BCUT2D eigenvalue weighted by Gasteiger charge is 2.29. The van der Waals surface area contributed by atoms with Gasteiger partial charge in [-0.3, -0.25) is 4.79 Å². The van der Waals surface area contributed by atoms with E-state index in [2.05, 4.69) is 11.9 Å². The molecule has 1 aliphatic heterocycles. The minimum absolute atomic E-state index is 0.156. The van der Waals surface area contributed by atoms with Crippen LogP contribution in [0.3, 0.4) is 0 Å². The zero-order valence-corrected chi connectivity index (χ0v) is 15.6. The largest absolute Gasteiger partial charge is 0.475 e. The van der Waals surface area contributed by atoms with Crippen LogP contribution in [0.15, 0.2) is 42.5 Å². The predicted molar refractivity (Wildman–Crippen MR) is 103 cm³/mol. The van der Waals surface area contributed by atoms with E-state index in [1.165, 1.54) is 4.90 Å². The smallest absolute Gasteiger partial charge is 0.444 e. The van der Waals surface area contributed by atoms with Crippen molar-refractivity contribution in [1.82, 2.24) is 10.2 Å². The number of nitriles is 1. The molecule has 2 atom stereocenters. The molecule has 0 aliphatic carbocycles. The van der Waals surface area contributed by atoms with E-state index in [0.29, 0.717) is 13.0 Å². The van der Waals surface area contributed by atoms with Crippen LogP contribution in [0, 0.1) is 11.3 Å². The molecule has 0 bridgehead atoms. The van der Waals surface area contributed by atoms with Crippen molar-refractivity contribution in [2.24, 2.45) is 0 Å². The summed E-state index contributed by atoms with van der Waals surface area (Å²) in [5, 5.41) is 30.5. The van der Waals surface area contributed by atoms with E-state index in [0.717, 1.165) is 18.4 Å². The van der Waals surface area contributed by atoms with Crippen molar-refractivity contribution < 1.29 is 24.4 Å². The van der Waals surface area contributed by atoms with E-state index in [4.69, 9.17) is 10.00 Å². The number of amides is 2. The molecule has 1 heterocycles. The Kier molecular flexibility index (Phi) is 8.05. The zero-order chi connectivity index (χ0) is 20.5. The SMILES string of the molecule is C=C(C#N)C(=O)N1CCCC[C@@H](OC(=O)N[C@@H](Cc2ccccc2)B(O)O)C1. The second kappa shape index (κ2) is 10.5. The number of ether oxygens (including phenoxy) is 1. The third kappa shape index (κ3) is 6.41. The molecule has 0 spiro atoms. The summed E-state index contributed by atoms with van der Waals surface area (Å²) >= 11 is 0. The van der Waals surface area contributed by atoms with Crippen molar-refractivity contribution in [2.75, 3.05) is 13.1 Å². The molecule has 3 N–H and O–H groups in total. The summed E-state index contributed by atoms with van der Waals surface area (Å²) in [5.41, 5.74) is 0.679. The lowest BCUT2D eigenvalue weighted by Crippen LogP contribution is -2.49. The molecule has 1 aromatic carbocycles. The van der Waals surface area contributed by atoms with Gasteiger partial charge in [0.15, 0.2) is 0 Å². The Morgan fingerprint density at radius 2 is 2.07 bits per heavy atom. The molecule has 0 saturated carbocycles. The van der Waals surface area contributed by atoms with Gasteiger partial charge in [-0.05, 0) is 31.2 Å². The van der Waals surface area contributed by atoms with Gasteiger partial charge < -0.3 is 25.0 Å². The van der Waals surface area contributed by atoms with Gasteiger partial charge in [-0.1, -0.05) is 36.9 Å². The van der Waals surface area contributed by atoms with E-state index in [9.17, 15) is 19.6 Å². The summed E-state index contributed by atoms with van der Waals surface area (Å²) in [5.74, 6) is -1.40. The molecular weight excluding hydrogens is 361 g/mol. The third-order valence-corrected chi connectivity index (χ3v) is 4.54. The second-order valence-electron chi connectivity index (χ2n) is 6.72. The lowest BCUT2D eigenvalue weighted by atomic mass is 9.76. The molecule has 0 unspecified atom stereocenters. The number of rotatable bonds is 6. The monoisotopic (exact) mass is 385 g/mol. The average Bonchev–Trinajstić information content (AvgIpc) is 2.92. The summed E-state index contributed by atoms with van der Waals surface area (Å²) in [7, 11) is -1.75. The van der Waals surface area contributed by atoms with E-state index in [-0.39, 0.29) is 18.5 Å². The van der Waals surface area contributed by atoms with Crippen molar-refractivity contribution in [3.05, 3.63) is 48.0 Å². The van der Waals surface area contributed by atoms with Gasteiger partial charge in [0.2, 0.25) is 0 Å². The van der Waals surface area contributed by atoms with Crippen LogP contribution in [-0.2, 0) is 16.0 Å². The molecule has 2 rings (SSSR count). The van der Waals surface area contributed by atoms with Gasteiger partial charge in [0.1, 0.15) is 17.7 Å². The highest BCUT2D eigenvalue weighted by molar-refractivity contribution is 6.43. The summed E-state index contributed by atoms with van der Waals surface area (Å²) in [6.45, 7) is 4.07. The molecule has 1 saturated heterocycles. The van der Waals surface area contributed by atoms with Gasteiger partial charge in [0.25, 0.3) is 5.91 Å². The third-order valence-electron chi connectivity index (χ3n) is 4.54. The summed E-state index contributed by atoms with van der Waals surface area (Å²) in [6, 6.07) is 10.9. The lowest BCUT2D eigenvalue weighted by Gasteiger charge is -2.25. The van der Waals surface area contributed by atoms with Crippen molar-refractivity contribution in [1.29, 1.82) is 5.26 Å². The summed E-state index contributed by atoms with van der Waals surface area (Å²) in [6.07, 6.45) is 0.958. The number of nitrogens with zero attached hydrogens (tertiary/aromatic N) is 2. The quantitative estimate of drug-likeness (QED) is 0.378. The minimum atomic E-state index is -1.75. The van der Waals surface area contributed by atoms with Crippen molar-refractivity contribution in [3.63, 3.8) is 0 Å². The van der Waals surface area contributed by atoms with Crippen LogP contribution in [0.1, 0.15) is 24.8 Å². The molecule has 0 radical (unpaired) electrons. The van der Waals surface area contributed by atoms with Crippen molar-refractivity contribution in [2.45, 2.75) is 37.7 Å². The number of hydrogen-bond acceptors (Lipinski definition) is 6. The Morgan fingerprint density at radius 1 is 1.36 bits per heavy atom. The number of nitrogens with one attached hydrogen (secondary N) is 1. The number of carbonyl (C=O) groups excluding carboxylic acids is 2. The molecule has 28 heavy (non-hydrogen) atoms. The molecule has 148 valence electrons. The number of benzene rings is 1. The zero-order valence-electron chi connectivity index (χ0n) is 15.6. The maximum absolute atomic E-state index is 12.3. The van der Waals surface area contributed by atoms with Crippen LogP contribution in [0.2, 0.25) is 0 Å². The first-order chi connectivity index (χ1) is 13.4. The summed E-state index contributed by atoms with van der Waals surface area (Å²) in [4.78, 5) is 25.9. The van der Waals surface area contributed by atoms with Gasteiger partial charge in [0.05, 0.1) is 12.5 Å². The van der Waals surface area contributed by atoms with Crippen molar-refractivity contribution >= 4 is 19.1 Å². The van der Waals surface area contributed by atoms with E-state index < -0.39 is 31.2 Å². The fourth-order valence-electron chi connectivity index (χ4n) is 3.06. The highest BCUT2D eigenvalue weighted by atomic mass is 16.6. The van der Waals surface area contributed by atoms with Gasteiger partial charge in [0, 0.05) is 6.54 Å². The first kappa shape index (κ1) is 21.5. The van der Waals surface area contributed by atoms with E-state index in [1.54, 1.807) is 6.07 Å². The maximum Gasteiger partial charge on any atom is 0.475 e. The topological polar surface area (TPSA) is 123 Å². The second-order valence-corrected chi connectivity index (χ2v) is 6.72. The van der Waals surface area contributed by atoms with E-state index in [1.807, 2.05) is 30.3 Å². The van der Waals surface area contributed by atoms with Crippen LogP contribution in [0.25, 0.3) is 0 Å².